The number of carbonyl (C=O) groups excluding carboxylic acids is 1. The van der Waals surface area contributed by atoms with E-state index in [0.717, 1.165) is 59.0 Å². The van der Waals surface area contributed by atoms with Crippen LogP contribution >= 0.6 is 11.8 Å². The van der Waals surface area contributed by atoms with Gasteiger partial charge in [0.1, 0.15) is 5.76 Å². The first-order valence-corrected chi connectivity index (χ1v) is 12.2. The maximum Gasteiger partial charge on any atom is 0.261 e. The number of thioether (sulfide) groups is 1. The number of amidine groups is 1. The van der Waals surface area contributed by atoms with Crippen molar-refractivity contribution in [2.24, 2.45) is 16.3 Å². The molecule has 1 aromatic carbocycles. The van der Waals surface area contributed by atoms with Crippen LogP contribution in [0.5, 0.6) is 0 Å². The van der Waals surface area contributed by atoms with E-state index in [4.69, 9.17) is 9.52 Å². The van der Waals surface area contributed by atoms with Crippen LogP contribution in [0.15, 0.2) is 27.7 Å². The van der Waals surface area contributed by atoms with Gasteiger partial charge in [-0.15, -0.1) is 0 Å². The Morgan fingerprint density at radius 2 is 2.13 bits per heavy atom. The fourth-order valence-corrected chi connectivity index (χ4v) is 6.32. The summed E-state index contributed by atoms with van der Waals surface area (Å²) in [6.45, 7) is 1.98. The second kappa shape index (κ2) is 6.49. The number of rotatable bonds is 0. The highest BCUT2D eigenvalue weighted by Gasteiger charge is 2.66. The highest BCUT2D eigenvalue weighted by atomic mass is 32.2. The smallest absolute Gasteiger partial charge is 0.261 e. The molecule has 4 aliphatic rings. The van der Waals surface area contributed by atoms with Crippen molar-refractivity contribution in [3.63, 3.8) is 0 Å². The number of carbonyl (C=O) groups is 1. The lowest BCUT2D eigenvalue weighted by Gasteiger charge is -2.43. The van der Waals surface area contributed by atoms with Crippen LogP contribution in [0, 0.1) is 30.1 Å². The molecule has 1 saturated carbocycles. The number of benzene rings is 1. The first kappa shape index (κ1) is 19.2. The Morgan fingerprint density at radius 3 is 2.87 bits per heavy atom. The monoisotopic (exact) mass is 431 g/mol. The van der Waals surface area contributed by atoms with Gasteiger partial charge in [-0.3, -0.25) is 9.69 Å². The lowest BCUT2D eigenvalue weighted by atomic mass is 9.61. The van der Waals surface area contributed by atoms with Crippen molar-refractivity contribution < 1.29 is 9.32 Å². The summed E-state index contributed by atoms with van der Waals surface area (Å²) < 4.78 is 5.51. The van der Waals surface area contributed by atoms with E-state index < -0.39 is 5.54 Å². The van der Waals surface area contributed by atoms with Gasteiger partial charge in [0.15, 0.2) is 10.7 Å². The summed E-state index contributed by atoms with van der Waals surface area (Å²) in [5, 5.41) is 5.06. The van der Waals surface area contributed by atoms with E-state index in [1.807, 2.05) is 20.2 Å². The minimum atomic E-state index is -0.895. The molecular weight excluding hydrogens is 406 g/mol. The number of fused-ring (bicyclic) bond motifs is 4. The molecule has 1 aromatic heterocycles. The van der Waals surface area contributed by atoms with Crippen molar-refractivity contribution in [3.8, 4) is 11.8 Å². The second-order valence-corrected chi connectivity index (χ2v) is 10.2. The van der Waals surface area contributed by atoms with E-state index in [0.29, 0.717) is 5.92 Å². The number of aliphatic imine (C=N–C) groups is 1. The molecule has 158 valence electrons. The SMILES string of the molecule is CSC1=NC2(C(=O)N1C)c1cc(C#CC3CC3)ccc1CC21CCc2noc(C)c2C1. The molecule has 6 heteroatoms. The molecule has 5 nitrogen and oxygen atoms in total. The molecular formula is C25H25N3O2S. The topological polar surface area (TPSA) is 58.7 Å². The van der Waals surface area contributed by atoms with Crippen molar-refractivity contribution in [3.05, 3.63) is 51.9 Å². The van der Waals surface area contributed by atoms with E-state index in [9.17, 15) is 4.79 Å². The number of hydrogen-bond donors (Lipinski definition) is 0. The Hall–Kier alpha value is -2.52. The maximum atomic E-state index is 14.0. The van der Waals surface area contributed by atoms with Crippen molar-refractivity contribution in [1.29, 1.82) is 0 Å². The normalized spacial score (nSPS) is 28.5. The summed E-state index contributed by atoms with van der Waals surface area (Å²) in [6.07, 6.45) is 7.69. The largest absolute Gasteiger partial charge is 0.361 e. The lowest BCUT2D eigenvalue weighted by Crippen LogP contribution is -2.51. The third-order valence-electron chi connectivity index (χ3n) is 7.56. The lowest BCUT2D eigenvalue weighted by molar-refractivity contribution is -0.135. The molecule has 6 rings (SSSR count). The number of amides is 1. The molecule has 2 unspecified atom stereocenters. The van der Waals surface area contributed by atoms with Crippen molar-refractivity contribution >= 4 is 22.8 Å². The Morgan fingerprint density at radius 1 is 1.29 bits per heavy atom. The average Bonchev–Trinajstić information content (AvgIpc) is 3.43. The van der Waals surface area contributed by atoms with Gasteiger partial charge in [0.05, 0.1) is 5.69 Å². The van der Waals surface area contributed by atoms with Crippen LogP contribution in [0.1, 0.15) is 53.0 Å². The van der Waals surface area contributed by atoms with Crippen LogP contribution in [0.4, 0.5) is 0 Å². The van der Waals surface area contributed by atoms with Crippen LogP contribution in [-0.2, 0) is 29.6 Å². The van der Waals surface area contributed by atoms with Gasteiger partial charge < -0.3 is 4.52 Å². The molecule has 2 aromatic rings. The standard InChI is InChI=1S/C25H25N3O2S/c1-15-19-14-24(11-10-21(19)27-30-15)13-18-9-8-17(7-6-16-4-5-16)12-20(18)25(24)22(29)28(2)23(26-25)31-3/h8-9,12,16H,4-5,10-11,13-14H2,1-3H3. The van der Waals surface area contributed by atoms with E-state index in [1.165, 1.54) is 18.4 Å². The van der Waals surface area contributed by atoms with Gasteiger partial charge in [0.2, 0.25) is 0 Å². The Bertz CT molecular complexity index is 1220. The molecule has 3 aliphatic carbocycles. The van der Waals surface area contributed by atoms with Gasteiger partial charge in [-0.05, 0) is 75.0 Å². The third kappa shape index (κ3) is 2.56. The molecule has 2 atom stereocenters. The van der Waals surface area contributed by atoms with Crippen LogP contribution in [0.2, 0.25) is 0 Å². The van der Waals surface area contributed by atoms with Gasteiger partial charge in [-0.2, -0.15) is 0 Å². The van der Waals surface area contributed by atoms with Gasteiger partial charge in [0.25, 0.3) is 5.91 Å². The molecule has 31 heavy (non-hydrogen) atoms. The van der Waals surface area contributed by atoms with Gasteiger partial charge in [-0.25, -0.2) is 4.99 Å². The molecule has 1 fully saturated rings. The minimum Gasteiger partial charge on any atom is -0.361 e. The molecule has 0 radical (unpaired) electrons. The quantitative estimate of drug-likeness (QED) is 0.595. The van der Waals surface area contributed by atoms with Crippen LogP contribution in [0.25, 0.3) is 0 Å². The van der Waals surface area contributed by atoms with Gasteiger partial charge in [0, 0.05) is 29.5 Å². The van der Waals surface area contributed by atoms with E-state index in [2.05, 4.69) is 35.2 Å². The fraction of sp³-hybridized carbons (Fsp3) is 0.480. The number of aryl methyl sites for hydroxylation is 2. The zero-order valence-corrected chi connectivity index (χ0v) is 18.9. The molecule has 0 bridgehead atoms. The zero-order chi connectivity index (χ0) is 21.4. The molecule has 0 N–H and O–H groups in total. The highest BCUT2D eigenvalue weighted by molar-refractivity contribution is 8.13. The summed E-state index contributed by atoms with van der Waals surface area (Å²) in [5.74, 6) is 8.21. The molecule has 2 spiro atoms. The van der Waals surface area contributed by atoms with E-state index in [-0.39, 0.29) is 11.3 Å². The van der Waals surface area contributed by atoms with Crippen LogP contribution in [-0.4, -0.2) is 34.4 Å². The highest BCUT2D eigenvalue weighted by Crippen LogP contribution is 2.61. The van der Waals surface area contributed by atoms with E-state index >= 15 is 0 Å². The number of likely N-dealkylation sites (N-methyl/N-ethyl adjacent to an activating group) is 1. The summed E-state index contributed by atoms with van der Waals surface area (Å²) in [5.41, 5.74) is 4.27. The van der Waals surface area contributed by atoms with Gasteiger partial charge >= 0.3 is 0 Å². The second-order valence-electron chi connectivity index (χ2n) is 9.39. The van der Waals surface area contributed by atoms with E-state index in [1.54, 1.807) is 16.7 Å². The molecule has 1 aliphatic heterocycles. The number of aromatic nitrogens is 1. The van der Waals surface area contributed by atoms with Crippen molar-refractivity contribution in [2.45, 2.75) is 51.0 Å². The Labute approximate surface area is 186 Å². The van der Waals surface area contributed by atoms with Crippen LogP contribution in [0.3, 0.4) is 0 Å². The summed E-state index contributed by atoms with van der Waals surface area (Å²) >= 11 is 1.54. The minimum absolute atomic E-state index is 0.0838. The first-order valence-electron chi connectivity index (χ1n) is 11.0. The number of nitrogens with zero attached hydrogens (tertiary/aromatic N) is 3. The molecule has 0 saturated heterocycles. The van der Waals surface area contributed by atoms with Gasteiger partial charge in [-0.1, -0.05) is 34.8 Å². The Kier molecular flexibility index (Phi) is 4.02. The molecule has 1 amide bonds. The zero-order valence-electron chi connectivity index (χ0n) is 18.1. The predicted octanol–water partition coefficient (Wildman–Crippen LogP) is 3.86. The predicted molar refractivity (Wildman–Crippen MR) is 121 cm³/mol. The summed E-state index contributed by atoms with van der Waals surface area (Å²) in [7, 11) is 1.85. The Balaban J connectivity index is 1.55. The first-order chi connectivity index (χ1) is 15.0. The fourth-order valence-electron chi connectivity index (χ4n) is 5.74. The third-order valence-corrected chi connectivity index (χ3v) is 8.29. The maximum absolute atomic E-state index is 14.0. The summed E-state index contributed by atoms with van der Waals surface area (Å²) in [6, 6.07) is 6.44. The summed E-state index contributed by atoms with van der Waals surface area (Å²) in [4.78, 5) is 20.9. The molecule has 2 heterocycles. The van der Waals surface area contributed by atoms with Crippen molar-refractivity contribution in [1.82, 2.24) is 10.1 Å². The van der Waals surface area contributed by atoms with Crippen LogP contribution < -0.4 is 0 Å². The average molecular weight is 432 g/mol. The van der Waals surface area contributed by atoms with Crippen molar-refractivity contribution in [2.75, 3.05) is 13.3 Å². The number of hydrogen-bond acceptors (Lipinski definition) is 5.